The molecule has 154 valence electrons. The lowest BCUT2D eigenvalue weighted by molar-refractivity contribution is -0.132. The van der Waals surface area contributed by atoms with Gasteiger partial charge in [0.2, 0.25) is 11.0 Å². The first-order valence-electron chi connectivity index (χ1n) is 8.46. The number of anilines is 1. The highest BCUT2D eigenvalue weighted by molar-refractivity contribution is 8.15. The van der Waals surface area contributed by atoms with Gasteiger partial charge < -0.3 is 10.1 Å². The summed E-state index contributed by atoms with van der Waals surface area (Å²) in [5, 5.41) is 5.83. The summed E-state index contributed by atoms with van der Waals surface area (Å²) in [6.07, 6.45) is 0.0697. The van der Waals surface area contributed by atoms with Crippen molar-refractivity contribution in [1.29, 1.82) is 0 Å². The van der Waals surface area contributed by atoms with Crippen molar-refractivity contribution in [2.24, 2.45) is 5.16 Å². The number of oxime groups is 1. The average Bonchev–Trinajstić information content (AvgIpc) is 2.71. The lowest BCUT2D eigenvalue weighted by atomic mass is 10.2. The van der Waals surface area contributed by atoms with Crippen LogP contribution in [0.5, 0.6) is 0 Å². The first-order valence-corrected chi connectivity index (χ1v) is 10.9. The molecule has 2 rings (SSSR count). The van der Waals surface area contributed by atoms with E-state index in [0.717, 1.165) is 24.4 Å². The van der Waals surface area contributed by atoms with Crippen LogP contribution in [0.4, 0.5) is 5.69 Å². The zero-order valence-corrected chi connectivity index (χ0v) is 17.5. The number of nitrogens with zero attached hydrogens (tertiary/aromatic N) is 1. The van der Waals surface area contributed by atoms with Crippen LogP contribution < -0.4 is 5.32 Å². The van der Waals surface area contributed by atoms with Gasteiger partial charge in [0, 0.05) is 17.9 Å². The molecule has 0 radical (unpaired) electrons. The number of nitrogens with one attached hydrogen (secondary N) is 1. The third kappa shape index (κ3) is 7.24. The smallest absolute Gasteiger partial charge is 0.366 e. The van der Waals surface area contributed by atoms with E-state index < -0.39 is 16.1 Å². The number of thioether (sulfide) groups is 1. The van der Waals surface area contributed by atoms with Gasteiger partial charge in [0.1, 0.15) is 4.90 Å². The predicted octanol–water partition coefficient (Wildman–Crippen LogP) is 2.95. The lowest BCUT2D eigenvalue weighted by Gasteiger charge is -2.06. The molecule has 0 bridgehead atoms. The highest BCUT2D eigenvalue weighted by Gasteiger charge is 2.20. The van der Waals surface area contributed by atoms with Crippen LogP contribution in [0, 0.1) is 6.92 Å². The summed E-state index contributed by atoms with van der Waals surface area (Å²) in [6, 6.07) is 14.9. The number of para-hydroxylation sites is 1. The van der Waals surface area contributed by atoms with Crippen LogP contribution in [0.15, 0.2) is 64.6 Å². The van der Waals surface area contributed by atoms with E-state index in [4.69, 9.17) is 0 Å². The van der Waals surface area contributed by atoms with Crippen LogP contribution >= 0.6 is 11.8 Å². The van der Waals surface area contributed by atoms with Gasteiger partial charge in [-0.05, 0) is 31.2 Å². The van der Waals surface area contributed by atoms with Crippen molar-refractivity contribution in [2.75, 3.05) is 18.2 Å². The Morgan fingerprint density at radius 3 is 2.34 bits per heavy atom. The Morgan fingerprint density at radius 1 is 1.07 bits per heavy atom. The van der Waals surface area contributed by atoms with E-state index >= 15 is 0 Å². The number of esters is 1. The third-order valence-corrected chi connectivity index (χ3v) is 5.56. The van der Waals surface area contributed by atoms with Crippen molar-refractivity contribution in [3.05, 3.63) is 60.2 Å². The van der Waals surface area contributed by atoms with Gasteiger partial charge in [-0.1, -0.05) is 52.8 Å². The summed E-state index contributed by atoms with van der Waals surface area (Å²) < 4.78 is 33.6. The van der Waals surface area contributed by atoms with Gasteiger partial charge >= 0.3 is 16.1 Å². The Hall–Kier alpha value is -2.85. The molecule has 8 nitrogen and oxygen atoms in total. The molecule has 0 aliphatic rings. The van der Waals surface area contributed by atoms with E-state index in [0.29, 0.717) is 5.69 Å². The Bertz CT molecular complexity index is 974. The topological polar surface area (TPSA) is 111 Å². The monoisotopic (exact) mass is 436 g/mol. The fraction of sp³-hybridized carbons (Fsp3) is 0.211. The fourth-order valence-electron chi connectivity index (χ4n) is 2.03. The molecule has 0 saturated heterocycles. The zero-order chi connectivity index (χ0) is 21.3. The highest BCUT2D eigenvalue weighted by Crippen LogP contribution is 2.16. The Balaban J connectivity index is 1.97. The van der Waals surface area contributed by atoms with Crippen LogP contribution in [0.2, 0.25) is 0 Å². The maximum atomic E-state index is 12.2. The second kappa shape index (κ2) is 10.6. The van der Waals surface area contributed by atoms with Crippen molar-refractivity contribution in [1.82, 2.24) is 0 Å². The maximum Gasteiger partial charge on any atom is 0.366 e. The van der Waals surface area contributed by atoms with E-state index in [2.05, 4.69) is 19.5 Å². The number of benzene rings is 2. The summed E-state index contributed by atoms with van der Waals surface area (Å²) >= 11 is 0.857. The van der Waals surface area contributed by atoms with Gasteiger partial charge in [0.15, 0.2) is 0 Å². The Morgan fingerprint density at radius 2 is 1.72 bits per heavy atom. The quantitative estimate of drug-likeness (QED) is 0.307. The number of ether oxygens (including phenoxy) is 1. The van der Waals surface area contributed by atoms with Crippen LogP contribution in [0.3, 0.4) is 0 Å². The van der Waals surface area contributed by atoms with Crippen molar-refractivity contribution >= 4 is 44.5 Å². The van der Waals surface area contributed by atoms with E-state index in [-0.39, 0.29) is 28.0 Å². The van der Waals surface area contributed by atoms with Crippen LogP contribution in [0.25, 0.3) is 0 Å². The second-order valence-electron chi connectivity index (χ2n) is 5.74. The molecule has 2 aromatic carbocycles. The SMILES string of the molecule is COC(=O)/C(=N/OS(=O)(=O)c1ccc(C)cc1)SCCC(=O)Nc1ccccc1. The highest BCUT2D eigenvalue weighted by atomic mass is 32.2. The molecule has 0 aliphatic heterocycles. The summed E-state index contributed by atoms with van der Waals surface area (Å²) in [7, 11) is -3.05. The molecule has 0 aliphatic carbocycles. The average molecular weight is 437 g/mol. The Kier molecular flexibility index (Phi) is 8.22. The van der Waals surface area contributed by atoms with Crippen LogP contribution in [0.1, 0.15) is 12.0 Å². The standard InChI is InChI=1S/C19H20N2O6S2/c1-14-8-10-16(11-9-14)29(24,25)27-21-18(19(23)26-2)28-13-12-17(22)20-15-6-4-3-5-7-15/h3-11H,12-13H2,1-2H3,(H,20,22)/b21-18-. The molecule has 2 aromatic rings. The maximum absolute atomic E-state index is 12.2. The molecule has 10 heteroatoms. The van der Waals surface area contributed by atoms with E-state index in [1.807, 2.05) is 13.0 Å². The second-order valence-corrected chi connectivity index (χ2v) is 8.35. The van der Waals surface area contributed by atoms with E-state index in [1.54, 1.807) is 36.4 Å². The summed E-state index contributed by atoms with van der Waals surface area (Å²) in [6.45, 7) is 1.81. The van der Waals surface area contributed by atoms with Gasteiger partial charge in [0.05, 0.1) is 7.11 Å². The van der Waals surface area contributed by atoms with Crippen molar-refractivity contribution in [3.8, 4) is 0 Å². The molecule has 0 heterocycles. The summed E-state index contributed by atoms with van der Waals surface area (Å²) in [5.74, 6) is -0.959. The van der Waals surface area contributed by atoms with Crippen LogP contribution in [-0.4, -0.2) is 38.2 Å². The number of amides is 1. The first-order chi connectivity index (χ1) is 13.8. The zero-order valence-electron chi connectivity index (χ0n) is 15.8. The molecule has 0 aromatic heterocycles. The molecular weight excluding hydrogens is 416 g/mol. The molecule has 0 saturated carbocycles. The summed E-state index contributed by atoms with van der Waals surface area (Å²) in [4.78, 5) is 23.7. The number of hydrogen-bond donors (Lipinski definition) is 1. The van der Waals surface area contributed by atoms with Gasteiger partial charge in [-0.3, -0.25) is 9.08 Å². The normalized spacial score (nSPS) is 11.6. The van der Waals surface area contributed by atoms with E-state index in [1.165, 1.54) is 12.1 Å². The number of methoxy groups -OCH3 is 1. The molecule has 1 amide bonds. The summed E-state index contributed by atoms with van der Waals surface area (Å²) in [5.41, 5.74) is 1.53. The third-order valence-electron chi connectivity index (χ3n) is 3.51. The number of hydrogen-bond acceptors (Lipinski definition) is 8. The van der Waals surface area contributed by atoms with Crippen molar-refractivity contribution < 1.29 is 27.0 Å². The molecule has 0 fully saturated rings. The molecule has 1 N–H and O–H groups in total. The minimum Gasteiger partial charge on any atom is -0.464 e. The predicted molar refractivity (Wildman–Crippen MR) is 111 cm³/mol. The van der Waals surface area contributed by atoms with Crippen LogP contribution in [-0.2, 0) is 28.7 Å². The molecule has 29 heavy (non-hydrogen) atoms. The fourth-order valence-corrected chi connectivity index (χ4v) is 3.57. The number of aryl methyl sites for hydroxylation is 1. The molecular formula is C19H20N2O6S2. The van der Waals surface area contributed by atoms with Gasteiger partial charge in [-0.2, -0.15) is 8.42 Å². The van der Waals surface area contributed by atoms with Crippen molar-refractivity contribution in [3.63, 3.8) is 0 Å². The lowest BCUT2D eigenvalue weighted by Crippen LogP contribution is -2.17. The minimum absolute atomic E-state index is 0.0697. The number of carbonyl (C=O) groups excluding carboxylic acids is 2. The number of carbonyl (C=O) groups is 2. The van der Waals surface area contributed by atoms with Gasteiger partial charge in [-0.25, -0.2) is 4.79 Å². The van der Waals surface area contributed by atoms with Crippen molar-refractivity contribution in [2.45, 2.75) is 18.2 Å². The minimum atomic E-state index is -4.18. The largest absolute Gasteiger partial charge is 0.464 e. The van der Waals surface area contributed by atoms with E-state index in [9.17, 15) is 18.0 Å². The van der Waals surface area contributed by atoms with Gasteiger partial charge in [0.25, 0.3) is 0 Å². The Labute approximate surface area is 173 Å². The number of rotatable bonds is 7. The van der Waals surface area contributed by atoms with Gasteiger partial charge in [-0.15, -0.1) is 0 Å². The molecule has 0 spiro atoms. The molecule has 0 unspecified atom stereocenters. The first kappa shape index (κ1) is 22.4. The molecule has 0 atom stereocenters.